The third-order valence-corrected chi connectivity index (χ3v) is 4.86. The number of anilines is 2. The number of hydrogen-bond donors (Lipinski definition) is 2. The summed E-state index contributed by atoms with van der Waals surface area (Å²) in [7, 11) is 1.52. The number of urea groups is 1. The predicted molar refractivity (Wildman–Crippen MR) is 124 cm³/mol. The van der Waals surface area contributed by atoms with Crippen LogP contribution in [0.4, 0.5) is 16.2 Å². The zero-order valence-electron chi connectivity index (χ0n) is 17.8. The minimum atomic E-state index is -0.535. The van der Waals surface area contributed by atoms with Crippen molar-refractivity contribution >= 4 is 35.3 Å². The van der Waals surface area contributed by atoms with Crippen molar-refractivity contribution in [3.8, 4) is 11.5 Å². The van der Waals surface area contributed by atoms with Crippen molar-refractivity contribution in [3.63, 3.8) is 0 Å². The van der Waals surface area contributed by atoms with Gasteiger partial charge in [0, 0.05) is 5.56 Å². The van der Waals surface area contributed by atoms with Gasteiger partial charge in [0.05, 0.1) is 18.5 Å². The Hall–Kier alpha value is -4.59. The second kappa shape index (κ2) is 9.69. The van der Waals surface area contributed by atoms with Gasteiger partial charge in [0.2, 0.25) is 0 Å². The fourth-order valence-electron chi connectivity index (χ4n) is 3.35. The number of carbonyl (C=O) groups is 3. The Balaban J connectivity index is 1.54. The normalized spacial score (nSPS) is 14.2. The molecule has 0 saturated carbocycles. The van der Waals surface area contributed by atoms with Crippen molar-refractivity contribution in [1.82, 2.24) is 5.32 Å². The summed E-state index contributed by atoms with van der Waals surface area (Å²) in [5.41, 5.74) is 1.79. The van der Waals surface area contributed by atoms with E-state index < -0.39 is 11.9 Å². The molecule has 1 fully saturated rings. The van der Waals surface area contributed by atoms with Crippen LogP contribution in [0.2, 0.25) is 0 Å². The van der Waals surface area contributed by atoms with Crippen LogP contribution < -0.4 is 25.0 Å². The van der Waals surface area contributed by atoms with Crippen molar-refractivity contribution in [3.05, 3.63) is 90.1 Å². The second-order valence-electron chi connectivity index (χ2n) is 7.03. The van der Waals surface area contributed by atoms with E-state index in [4.69, 9.17) is 9.47 Å². The van der Waals surface area contributed by atoms with Gasteiger partial charge in [-0.3, -0.25) is 19.8 Å². The number of methoxy groups -OCH3 is 1. The zero-order valence-corrected chi connectivity index (χ0v) is 17.8. The van der Waals surface area contributed by atoms with E-state index in [1.165, 1.54) is 12.0 Å². The van der Waals surface area contributed by atoms with Crippen molar-refractivity contribution in [2.24, 2.45) is 0 Å². The smallest absolute Gasteiger partial charge is 0.333 e. The molecular formula is C25H21N3O5. The predicted octanol–water partition coefficient (Wildman–Crippen LogP) is 3.81. The summed E-state index contributed by atoms with van der Waals surface area (Å²) in [6.07, 6.45) is 1.56. The van der Waals surface area contributed by atoms with Gasteiger partial charge in [-0.1, -0.05) is 48.5 Å². The Morgan fingerprint density at radius 1 is 0.939 bits per heavy atom. The van der Waals surface area contributed by atoms with E-state index in [1.807, 2.05) is 6.07 Å². The molecule has 166 valence electrons. The van der Waals surface area contributed by atoms with Gasteiger partial charge < -0.3 is 14.8 Å². The van der Waals surface area contributed by atoms with Crippen LogP contribution in [0.1, 0.15) is 5.56 Å². The third-order valence-electron chi connectivity index (χ3n) is 4.86. The second-order valence-corrected chi connectivity index (χ2v) is 7.03. The number of carbonyl (C=O) groups excluding carboxylic acids is 3. The van der Waals surface area contributed by atoms with Gasteiger partial charge in [0.1, 0.15) is 17.2 Å². The molecule has 1 aliphatic rings. The van der Waals surface area contributed by atoms with E-state index >= 15 is 0 Å². The van der Waals surface area contributed by atoms with Crippen molar-refractivity contribution in [1.29, 1.82) is 0 Å². The Morgan fingerprint density at radius 3 is 2.36 bits per heavy atom. The van der Waals surface area contributed by atoms with Crippen LogP contribution in [0.3, 0.4) is 0 Å². The first kappa shape index (κ1) is 21.6. The first-order valence-electron chi connectivity index (χ1n) is 10.1. The van der Waals surface area contributed by atoms with Gasteiger partial charge in [0.25, 0.3) is 11.8 Å². The fraction of sp³-hybridized carbons (Fsp3) is 0.0800. The number of ether oxygens (including phenoxy) is 2. The maximum Gasteiger partial charge on any atom is 0.333 e. The Kier molecular flexibility index (Phi) is 6.36. The minimum absolute atomic E-state index is 0.153. The van der Waals surface area contributed by atoms with Gasteiger partial charge in [-0.15, -0.1) is 0 Å². The molecular weight excluding hydrogens is 422 g/mol. The molecule has 4 amide bonds. The first-order valence-corrected chi connectivity index (χ1v) is 10.1. The molecule has 0 atom stereocenters. The quantitative estimate of drug-likeness (QED) is 0.428. The van der Waals surface area contributed by atoms with E-state index in [2.05, 4.69) is 10.6 Å². The molecule has 0 bridgehead atoms. The molecule has 0 aromatic heterocycles. The topological polar surface area (TPSA) is 97.0 Å². The summed E-state index contributed by atoms with van der Waals surface area (Å²) in [6, 6.07) is 22.3. The van der Waals surface area contributed by atoms with Crippen LogP contribution in [0.25, 0.3) is 6.08 Å². The Labute approximate surface area is 190 Å². The van der Waals surface area contributed by atoms with E-state index in [1.54, 1.807) is 78.9 Å². The number of amides is 4. The largest absolute Gasteiger partial charge is 0.495 e. The maximum atomic E-state index is 12.5. The van der Waals surface area contributed by atoms with Crippen LogP contribution in [0.15, 0.2) is 84.6 Å². The summed E-state index contributed by atoms with van der Waals surface area (Å²) >= 11 is 0. The lowest BCUT2D eigenvalue weighted by Crippen LogP contribution is -2.27. The molecule has 8 heteroatoms. The summed E-state index contributed by atoms with van der Waals surface area (Å²) in [4.78, 5) is 38.5. The number of imide groups is 1. The summed E-state index contributed by atoms with van der Waals surface area (Å²) in [6.45, 7) is -0.258. The lowest BCUT2D eigenvalue weighted by molar-refractivity contribution is -0.118. The van der Waals surface area contributed by atoms with E-state index in [0.717, 1.165) is 0 Å². The molecule has 1 saturated heterocycles. The van der Waals surface area contributed by atoms with E-state index in [9.17, 15) is 14.4 Å². The molecule has 3 aromatic rings. The first-order chi connectivity index (χ1) is 16.1. The van der Waals surface area contributed by atoms with Crippen molar-refractivity contribution in [2.75, 3.05) is 23.9 Å². The molecule has 3 aromatic carbocycles. The van der Waals surface area contributed by atoms with Crippen LogP contribution in [-0.4, -0.2) is 31.6 Å². The molecule has 1 heterocycles. The molecule has 0 radical (unpaired) electrons. The molecule has 8 nitrogen and oxygen atoms in total. The highest BCUT2D eigenvalue weighted by molar-refractivity contribution is 6.23. The number of para-hydroxylation sites is 4. The van der Waals surface area contributed by atoms with Crippen LogP contribution in [-0.2, 0) is 9.59 Å². The minimum Gasteiger partial charge on any atom is -0.495 e. The fourth-order valence-corrected chi connectivity index (χ4v) is 3.35. The standard InChI is InChI=1S/C25H21N3O5/c1-32-22-14-8-6-12-19(22)26-23(29)16-33-21-13-7-5-9-17(21)15-20-24(30)27-25(31)28(20)18-10-3-2-4-11-18/h2-15H,16H2,1H3,(H,26,29)(H,27,30,31)/b20-15+. The maximum absolute atomic E-state index is 12.5. The third kappa shape index (κ3) is 4.85. The van der Waals surface area contributed by atoms with Gasteiger partial charge in [-0.2, -0.15) is 0 Å². The number of rotatable bonds is 7. The van der Waals surface area contributed by atoms with Crippen LogP contribution in [0.5, 0.6) is 11.5 Å². The van der Waals surface area contributed by atoms with Gasteiger partial charge in [-0.05, 0) is 36.4 Å². The number of hydrogen-bond acceptors (Lipinski definition) is 5. The number of nitrogens with zero attached hydrogens (tertiary/aromatic N) is 1. The van der Waals surface area contributed by atoms with Gasteiger partial charge in [0.15, 0.2) is 6.61 Å². The Morgan fingerprint density at radius 2 is 1.61 bits per heavy atom. The summed E-state index contributed by atoms with van der Waals surface area (Å²) in [5.74, 6) is 0.0310. The van der Waals surface area contributed by atoms with Gasteiger partial charge >= 0.3 is 6.03 Å². The lowest BCUT2D eigenvalue weighted by atomic mass is 10.1. The molecule has 4 rings (SSSR count). The van der Waals surface area contributed by atoms with Crippen molar-refractivity contribution < 1.29 is 23.9 Å². The molecule has 0 spiro atoms. The number of benzene rings is 3. The monoisotopic (exact) mass is 443 g/mol. The summed E-state index contributed by atoms with van der Waals surface area (Å²) in [5, 5.41) is 5.05. The molecule has 33 heavy (non-hydrogen) atoms. The van der Waals surface area contributed by atoms with Gasteiger partial charge in [-0.25, -0.2) is 4.79 Å². The molecule has 0 aliphatic carbocycles. The Bertz CT molecular complexity index is 1220. The highest BCUT2D eigenvalue weighted by atomic mass is 16.5. The lowest BCUT2D eigenvalue weighted by Gasteiger charge is -2.16. The summed E-state index contributed by atoms with van der Waals surface area (Å²) < 4.78 is 11.0. The SMILES string of the molecule is COc1ccccc1NC(=O)COc1ccccc1/C=C1\C(=O)NC(=O)N1c1ccccc1. The molecule has 2 N–H and O–H groups in total. The zero-order chi connectivity index (χ0) is 23.2. The van der Waals surface area contributed by atoms with Crippen molar-refractivity contribution in [2.45, 2.75) is 0 Å². The van der Waals surface area contributed by atoms with Crippen LogP contribution in [0, 0.1) is 0 Å². The number of nitrogens with one attached hydrogen (secondary N) is 2. The average Bonchev–Trinajstić information content (AvgIpc) is 3.11. The molecule has 0 unspecified atom stereocenters. The average molecular weight is 443 g/mol. The van der Waals surface area contributed by atoms with E-state index in [-0.39, 0.29) is 18.2 Å². The van der Waals surface area contributed by atoms with Crippen LogP contribution >= 0.6 is 0 Å². The highest BCUT2D eigenvalue weighted by Gasteiger charge is 2.34. The van der Waals surface area contributed by atoms with E-state index in [0.29, 0.717) is 28.4 Å². The highest BCUT2D eigenvalue weighted by Crippen LogP contribution is 2.28. The molecule has 1 aliphatic heterocycles.